The highest BCUT2D eigenvalue weighted by atomic mass is 35.5. The van der Waals surface area contributed by atoms with Crippen LogP contribution in [0.1, 0.15) is 26.3 Å². The molecule has 2 heteroatoms. The van der Waals surface area contributed by atoms with Crippen molar-refractivity contribution < 1.29 is 4.74 Å². The summed E-state index contributed by atoms with van der Waals surface area (Å²) < 4.78 is 5.43. The van der Waals surface area contributed by atoms with Gasteiger partial charge in [-0.15, -0.1) is 11.6 Å². The minimum atomic E-state index is 0.136. The SMILES string of the molecule is CC(C)(C)c1c[c]cc(OCCCl)c1. The highest BCUT2D eigenvalue weighted by molar-refractivity contribution is 6.17. The zero-order valence-electron chi connectivity index (χ0n) is 8.93. The Morgan fingerprint density at radius 3 is 2.64 bits per heavy atom. The van der Waals surface area contributed by atoms with Gasteiger partial charge in [0.25, 0.3) is 0 Å². The number of hydrogen-bond acceptors (Lipinski definition) is 1. The molecule has 0 atom stereocenters. The van der Waals surface area contributed by atoms with Crippen molar-refractivity contribution in [2.24, 2.45) is 0 Å². The molecule has 1 aromatic rings. The van der Waals surface area contributed by atoms with Crippen LogP contribution < -0.4 is 4.74 Å². The van der Waals surface area contributed by atoms with E-state index in [0.717, 1.165) is 5.75 Å². The van der Waals surface area contributed by atoms with E-state index in [-0.39, 0.29) is 5.41 Å². The number of alkyl halides is 1. The summed E-state index contributed by atoms with van der Waals surface area (Å²) in [5.74, 6) is 1.36. The number of ether oxygens (including phenoxy) is 1. The highest BCUT2D eigenvalue weighted by Crippen LogP contribution is 2.25. The van der Waals surface area contributed by atoms with Crippen LogP contribution in [0.2, 0.25) is 0 Å². The molecule has 0 saturated heterocycles. The summed E-state index contributed by atoms with van der Waals surface area (Å²) in [6.45, 7) is 7.05. The fourth-order valence-corrected chi connectivity index (χ4v) is 1.20. The maximum absolute atomic E-state index is 5.55. The summed E-state index contributed by atoms with van der Waals surface area (Å²) in [7, 11) is 0. The number of halogens is 1. The van der Waals surface area contributed by atoms with Crippen LogP contribution in [0.25, 0.3) is 0 Å². The molecule has 0 saturated carbocycles. The van der Waals surface area contributed by atoms with E-state index in [9.17, 15) is 0 Å². The Bertz CT molecular complexity index is 289. The minimum Gasteiger partial charge on any atom is -0.492 e. The smallest absolute Gasteiger partial charge is 0.120 e. The molecular formula is C12H16ClO. The summed E-state index contributed by atoms with van der Waals surface area (Å²) in [5.41, 5.74) is 1.36. The third-order valence-corrected chi connectivity index (χ3v) is 2.13. The van der Waals surface area contributed by atoms with Crippen LogP contribution in [-0.4, -0.2) is 12.5 Å². The second-order valence-electron chi connectivity index (χ2n) is 4.24. The van der Waals surface area contributed by atoms with E-state index in [1.165, 1.54) is 5.56 Å². The number of rotatable bonds is 3. The zero-order valence-corrected chi connectivity index (χ0v) is 9.69. The van der Waals surface area contributed by atoms with Gasteiger partial charge in [0.15, 0.2) is 0 Å². The van der Waals surface area contributed by atoms with Crippen LogP contribution >= 0.6 is 11.6 Å². The molecular weight excluding hydrogens is 196 g/mol. The monoisotopic (exact) mass is 211 g/mol. The maximum atomic E-state index is 5.55. The van der Waals surface area contributed by atoms with E-state index in [4.69, 9.17) is 16.3 Å². The molecule has 0 fully saturated rings. The Kier molecular flexibility index (Phi) is 3.82. The molecule has 0 unspecified atom stereocenters. The third kappa shape index (κ3) is 3.22. The Hall–Kier alpha value is -0.690. The molecule has 0 amide bonds. The molecule has 1 rings (SSSR count). The van der Waals surface area contributed by atoms with Gasteiger partial charge in [0, 0.05) is 0 Å². The molecule has 1 aromatic carbocycles. The lowest BCUT2D eigenvalue weighted by Gasteiger charge is -2.19. The van der Waals surface area contributed by atoms with Gasteiger partial charge >= 0.3 is 0 Å². The van der Waals surface area contributed by atoms with E-state index < -0.39 is 0 Å². The van der Waals surface area contributed by atoms with Gasteiger partial charge in [0.2, 0.25) is 0 Å². The van der Waals surface area contributed by atoms with Crippen molar-refractivity contribution >= 4 is 11.6 Å². The number of hydrogen-bond donors (Lipinski definition) is 0. The Labute approximate surface area is 91.0 Å². The quantitative estimate of drug-likeness (QED) is 0.697. The van der Waals surface area contributed by atoms with Crippen LogP contribution in [0.15, 0.2) is 18.2 Å². The number of benzene rings is 1. The fraction of sp³-hybridized carbons (Fsp3) is 0.500. The predicted molar refractivity (Wildman–Crippen MR) is 60.2 cm³/mol. The molecule has 1 nitrogen and oxygen atoms in total. The topological polar surface area (TPSA) is 9.23 Å². The molecule has 0 aliphatic heterocycles. The van der Waals surface area contributed by atoms with Crippen molar-refractivity contribution in [3.05, 3.63) is 29.8 Å². The van der Waals surface area contributed by atoms with E-state index in [1.807, 2.05) is 18.2 Å². The minimum absolute atomic E-state index is 0.136. The molecule has 0 bridgehead atoms. The second kappa shape index (κ2) is 4.70. The summed E-state index contributed by atoms with van der Waals surface area (Å²) in [6.07, 6.45) is 0. The Morgan fingerprint density at radius 1 is 1.36 bits per heavy atom. The first-order valence-electron chi connectivity index (χ1n) is 4.74. The summed E-state index contributed by atoms with van der Waals surface area (Å²) in [5, 5.41) is 0. The van der Waals surface area contributed by atoms with Gasteiger partial charge in [-0.3, -0.25) is 0 Å². The lowest BCUT2D eigenvalue weighted by Crippen LogP contribution is -2.11. The van der Waals surface area contributed by atoms with Crippen molar-refractivity contribution in [3.8, 4) is 5.75 Å². The van der Waals surface area contributed by atoms with Crippen molar-refractivity contribution in [1.82, 2.24) is 0 Å². The normalized spacial score (nSPS) is 11.4. The summed E-state index contributed by atoms with van der Waals surface area (Å²) in [4.78, 5) is 0. The van der Waals surface area contributed by atoms with Crippen LogP contribution in [0, 0.1) is 6.07 Å². The standard InChI is InChI=1S/C12H16ClO/c1-12(2,3)10-5-4-6-11(9-10)14-8-7-13/h5-6,9H,7-8H2,1-3H3. The lowest BCUT2D eigenvalue weighted by molar-refractivity contribution is 0.341. The summed E-state index contributed by atoms with van der Waals surface area (Å²) >= 11 is 5.55. The lowest BCUT2D eigenvalue weighted by atomic mass is 9.87. The van der Waals surface area contributed by atoms with Gasteiger partial charge < -0.3 is 4.74 Å². The molecule has 0 aromatic heterocycles. The average molecular weight is 212 g/mol. The molecule has 77 valence electrons. The highest BCUT2D eigenvalue weighted by Gasteiger charge is 2.13. The maximum Gasteiger partial charge on any atom is 0.120 e. The van der Waals surface area contributed by atoms with Gasteiger partial charge in [0.05, 0.1) is 5.88 Å². The zero-order chi connectivity index (χ0) is 10.6. The average Bonchev–Trinajstić information content (AvgIpc) is 2.14. The van der Waals surface area contributed by atoms with Gasteiger partial charge in [-0.05, 0) is 29.2 Å². The molecule has 14 heavy (non-hydrogen) atoms. The molecule has 0 aliphatic carbocycles. The van der Waals surface area contributed by atoms with Gasteiger partial charge in [-0.25, -0.2) is 0 Å². The van der Waals surface area contributed by atoms with Crippen LogP contribution in [0.5, 0.6) is 5.75 Å². The second-order valence-corrected chi connectivity index (χ2v) is 4.62. The Morgan fingerprint density at radius 2 is 2.07 bits per heavy atom. The fourth-order valence-electron chi connectivity index (χ4n) is 1.12. The van der Waals surface area contributed by atoms with Gasteiger partial charge in [-0.2, -0.15) is 0 Å². The van der Waals surface area contributed by atoms with Crippen molar-refractivity contribution in [2.45, 2.75) is 26.2 Å². The first kappa shape index (κ1) is 11.4. The van der Waals surface area contributed by atoms with Crippen molar-refractivity contribution in [1.29, 1.82) is 0 Å². The molecule has 1 radical (unpaired) electrons. The first-order valence-corrected chi connectivity index (χ1v) is 5.28. The molecule has 0 N–H and O–H groups in total. The largest absolute Gasteiger partial charge is 0.492 e. The molecule has 0 heterocycles. The Balaban J connectivity index is 2.79. The van der Waals surface area contributed by atoms with Crippen LogP contribution in [-0.2, 0) is 5.41 Å². The first-order chi connectivity index (χ1) is 6.54. The van der Waals surface area contributed by atoms with Crippen LogP contribution in [0.4, 0.5) is 0 Å². The van der Waals surface area contributed by atoms with Crippen molar-refractivity contribution in [3.63, 3.8) is 0 Å². The van der Waals surface area contributed by atoms with Crippen LogP contribution in [0.3, 0.4) is 0 Å². The van der Waals surface area contributed by atoms with E-state index in [1.54, 1.807) is 0 Å². The molecule has 0 spiro atoms. The van der Waals surface area contributed by atoms with E-state index in [2.05, 4.69) is 26.8 Å². The van der Waals surface area contributed by atoms with Crippen molar-refractivity contribution in [2.75, 3.05) is 12.5 Å². The van der Waals surface area contributed by atoms with E-state index >= 15 is 0 Å². The van der Waals surface area contributed by atoms with Gasteiger partial charge in [0.1, 0.15) is 12.4 Å². The van der Waals surface area contributed by atoms with Gasteiger partial charge in [-0.1, -0.05) is 26.8 Å². The summed E-state index contributed by atoms with van der Waals surface area (Å²) in [6, 6.07) is 8.95. The molecule has 0 aliphatic rings. The van der Waals surface area contributed by atoms with E-state index in [0.29, 0.717) is 12.5 Å². The third-order valence-electron chi connectivity index (χ3n) is 1.97. The predicted octanol–water partition coefficient (Wildman–Crippen LogP) is 3.40.